The van der Waals surface area contributed by atoms with Crippen LogP contribution in [-0.4, -0.2) is 86.7 Å². The molecule has 2 amide bonds. The zero-order valence-electron chi connectivity index (χ0n) is 22.8. The number of nitrogens with one attached hydrogen (secondary N) is 2. The Balaban J connectivity index is 1.66. The number of benzene rings is 2. The molecule has 0 fully saturated rings. The van der Waals surface area contributed by atoms with Crippen molar-refractivity contribution in [2.24, 2.45) is 10.3 Å². The molecular weight excluding hydrogens is 560 g/mol. The van der Waals surface area contributed by atoms with Gasteiger partial charge in [0, 0.05) is 37.4 Å². The minimum atomic E-state index is -0.472. The third-order valence-corrected chi connectivity index (χ3v) is 7.84. The third kappa shape index (κ3) is 10.1. The molecule has 14 heteroatoms. The summed E-state index contributed by atoms with van der Waals surface area (Å²) in [6.07, 6.45) is 0.241. The molecule has 0 aliphatic carbocycles. The molecule has 2 aromatic carbocycles. The molecular formula is C26H34N4O8S2. The molecule has 0 aliphatic rings. The van der Waals surface area contributed by atoms with Crippen LogP contribution in [0.4, 0.5) is 0 Å². The minimum Gasteiger partial charge on any atom is -0.493 e. The van der Waals surface area contributed by atoms with Gasteiger partial charge in [-0.2, -0.15) is 0 Å². The van der Waals surface area contributed by atoms with Crippen molar-refractivity contribution in [2.45, 2.75) is 12.8 Å². The van der Waals surface area contributed by atoms with Crippen molar-refractivity contribution in [1.29, 1.82) is 0 Å². The number of carbonyl (C=O) groups excluding carboxylic acids is 2. The maximum atomic E-state index is 12.4. The lowest BCUT2D eigenvalue weighted by Crippen LogP contribution is -2.34. The Labute approximate surface area is 240 Å². The Kier molecular flexibility index (Phi) is 14.4. The first-order chi connectivity index (χ1) is 19.4. The summed E-state index contributed by atoms with van der Waals surface area (Å²) < 4.78 is 20.9. The number of oxime groups is 2. The van der Waals surface area contributed by atoms with Crippen molar-refractivity contribution in [1.82, 2.24) is 10.6 Å². The van der Waals surface area contributed by atoms with Crippen molar-refractivity contribution < 1.29 is 39.0 Å². The Hall–Kier alpha value is -3.78. The SMILES string of the molecule is COc1ccc(C/C(=N\O)C(=O)NCCSSCCNC(=O)/C(Cc2ccc(OC)c(OC)c2)=N/O)cc1OC. The molecule has 4 N–H and O–H groups in total. The average molecular weight is 595 g/mol. The van der Waals surface area contributed by atoms with Gasteiger partial charge in [-0.3, -0.25) is 9.59 Å². The first-order valence-electron chi connectivity index (χ1n) is 12.0. The topological polar surface area (TPSA) is 160 Å². The number of methoxy groups -OCH3 is 4. The van der Waals surface area contributed by atoms with Gasteiger partial charge < -0.3 is 40.0 Å². The maximum Gasteiger partial charge on any atom is 0.269 e. The highest BCUT2D eigenvalue weighted by Crippen LogP contribution is 2.28. The molecule has 0 atom stereocenters. The van der Waals surface area contributed by atoms with E-state index in [4.69, 9.17) is 18.9 Å². The Bertz CT molecular complexity index is 1100. The van der Waals surface area contributed by atoms with Crippen LogP contribution in [0.1, 0.15) is 11.1 Å². The molecule has 2 aromatic rings. The Morgan fingerprint density at radius 2 is 1.05 bits per heavy atom. The van der Waals surface area contributed by atoms with E-state index in [9.17, 15) is 20.0 Å². The molecule has 40 heavy (non-hydrogen) atoms. The van der Waals surface area contributed by atoms with Crippen LogP contribution in [0.5, 0.6) is 23.0 Å². The van der Waals surface area contributed by atoms with Gasteiger partial charge in [0.2, 0.25) is 0 Å². The fourth-order valence-corrected chi connectivity index (χ4v) is 5.24. The fraction of sp³-hybridized carbons (Fsp3) is 0.385. The summed E-state index contributed by atoms with van der Waals surface area (Å²) in [5.41, 5.74) is 1.40. The van der Waals surface area contributed by atoms with Crippen LogP contribution in [0.2, 0.25) is 0 Å². The third-order valence-electron chi connectivity index (χ3n) is 5.43. The van der Waals surface area contributed by atoms with Gasteiger partial charge in [0.05, 0.1) is 28.4 Å². The quantitative estimate of drug-likeness (QED) is 0.0705. The molecule has 0 heterocycles. The lowest BCUT2D eigenvalue weighted by atomic mass is 10.1. The normalized spacial score (nSPS) is 11.5. The average Bonchev–Trinajstić information content (AvgIpc) is 2.99. The van der Waals surface area contributed by atoms with Crippen molar-refractivity contribution in [3.63, 3.8) is 0 Å². The minimum absolute atomic E-state index is 0.0259. The number of hydrogen-bond donors (Lipinski definition) is 4. The lowest BCUT2D eigenvalue weighted by Gasteiger charge is -2.11. The molecule has 0 unspecified atom stereocenters. The summed E-state index contributed by atoms with van der Waals surface area (Å²) in [4.78, 5) is 24.8. The number of ether oxygens (including phenoxy) is 4. The lowest BCUT2D eigenvalue weighted by molar-refractivity contribution is -0.115. The fourth-order valence-electron chi connectivity index (χ4n) is 3.42. The van der Waals surface area contributed by atoms with Crippen LogP contribution < -0.4 is 29.6 Å². The summed E-state index contributed by atoms with van der Waals surface area (Å²) >= 11 is 0. The smallest absolute Gasteiger partial charge is 0.269 e. The van der Waals surface area contributed by atoms with Gasteiger partial charge >= 0.3 is 0 Å². The maximum absolute atomic E-state index is 12.4. The van der Waals surface area contributed by atoms with Gasteiger partial charge in [-0.15, -0.1) is 0 Å². The second-order valence-electron chi connectivity index (χ2n) is 7.98. The summed E-state index contributed by atoms with van der Waals surface area (Å²) in [7, 11) is 9.12. The molecule has 0 spiro atoms. The molecule has 2 rings (SSSR count). The van der Waals surface area contributed by atoms with Gasteiger partial charge in [0.25, 0.3) is 11.8 Å². The number of amides is 2. The summed E-state index contributed by atoms with van der Waals surface area (Å²) in [5, 5.41) is 30.3. The molecule has 12 nitrogen and oxygen atoms in total. The second kappa shape index (κ2) is 17.7. The molecule has 218 valence electrons. The van der Waals surface area contributed by atoms with Crippen LogP contribution in [-0.2, 0) is 22.4 Å². The van der Waals surface area contributed by atoms with E-state index in [1.807, 2.05) is 0 Å². The van der Waals surface area contributed by atoms with E-state index in [-0.39, 0.29) is 24.3 Å². The van der Waals surface area contributed by atoms with Crippen molar-refractivity contribution in [2.75, 3.05) is 53.0 Å². The van der Waals surface area contributed by atoms with Gasteiger partial charge in [-0.1, -0.05) is 44.0 Å². The Morgan fingerprint density at radius 3 is 1.38 bits per heavy atom. The van der Waals surface area contributed by atoms with E-state index in [1.165, 1.54) is 50.0 Å². The zero-order valence-corrected chi connectivity index (χ0v) is 24.4. The molecule has 0 saturated heterocycles. The van der Waals surface area contributed by atoms with Gasteiger partial charge in [-0.25, -0.2) is 0 Å². The molecule has 0 bridgehead atoms. The molecule has 0 saturated carbocycles. The molecule has 0 radical (unpaired) electrons. The van der Waals surface area contributed by atoms with E-state index < -0.39 is 11.8 Å². The predicted octanol–water partition coefficient (Wildman–Crippen LogP) is 2.78. The number of hydrogen-bond acceptors (Lipinski definition) is 12. The number of rotatable bonds is 17. The largest absolute Gasteiger partial charge is 0.493 e. The van der Waals surface area contributed by atoms with Crippen LogP contribution in [0, 0.1) is 0 Å². The predicted molar refractivity (Wildman–Crippen MR) is 156 cm³/mol. The van der Waals surface area contributed by atoms with Crippen LogP contribution in [0.3, 0.4) is 0 Å². The van der Waals surface area contributed by atoms with Crippen molar-refractivity contribution >= 4 is 44.8 Å². The van der Waals surface area contributed by atoms with Crippen LogP contribution in [0.15, 0.2) is 46.7 Å². The molecule has 0 aromatic heterocycles. The van der Waals surface area contributed by atoms with E-state index >= 15 is 0 Å². The number of nitrogens with zero attached hydrogens (tertiary/aromatic N) is 2. The van der Waals surface area contributed by atoms with E-state index in [0.717, 1.165) is 11.1 Å². The highest BCUT2D eigenvalue weighted by Gasteiger charge is 2.16. The van der Waals surface area contributed by atoms with Crippen molar-refractivity contribution in [3.05, 3.63) is 47.5 Å². The van der Waals surface area contributed by atoms with Crippen LogP contribution >= 0.6 is 21.6 Å². The second-order valence-corrected chi connectivity index (χ2v) is 10.7. The summed E-state index contributed by atoms with van der Waals surface area (Å²) in [5.74, 6) is 2.40. The summed E-state index contributed by atoms with van der Waals surface area (Å²) in [6, 6.07) is 10.4. The highest BCUT2D eigenvalue weighted by molar-refractivity contribution is 8.76. The summed E-state index contributed by atoms with van der Waals surface area (Å²) in [6.45, 7) is 0.723. The highest BCUT2D eigenvalue weighted by atomic mass is 33.1. The number of carbonyl (C=O) groups is 2. The van der Waals surface area contributed by atoms with E-state index in [0.29, 0.717) is 47.6 Å². The first kappa shape index (κ1) is 32.4. The van der Waals surface area contributed by atoms with Gasteiger partial charge in [0.1, 0.15) is 11.4 Å². The standard InChI is InChI=1S/C26H34N4O8S2/c1-35-21-7-5-17(15-23(21)37-3)13-19(29-33)25(31)27-9-11-39-40-12-10-28-26(32)20(30-34)14-18-6-8-22(36-2)24(16-18)38-4/h5-8,15-16,33-34H,9-14H2,1-4H3,(H,27,31)(H,28,32)/b29-19+,30-20+. The zero-order chi connectivity index (χ0) is 29.3. The van der Waals surface area contributed by atoms with Gasteiger partial charge in [0.15, 0.2) is 23.0 Å². The van der Waals surface area contributed by atoms with Gasteiger partial charge in [-0.05, 0) is 35.4 Å². The van der Waals surface area contributed by atoms with Crippen LogP contribution in [0.25, 0.3) is 0 Å². The van der Waals surface area contributed by atoms with E-state index in [1.54, 1.807) is 36.4 Å². The molecule has 0 aliphatic heterocycles. The Morgan fingerprint density at radius 1 is 0.675 bits per heavy atom. The first-order valence-corrected chi connectivity index (χ1v) is 14.5. The van der Waals surface area contributed by atoms with E-state index in [2.05, 4.69) is 20.9 Å². The monoisotopic (exact) mass is 594 g/mol. The van der Waals surface area contributed by atoms with Crippen molar-refractivity contribution in [3.8, 4) is 23.0 Å².